The van der Waals surface area contributed by atoms with Crippen LogP contribution in [0.5, 0.6) is 0 Å². The maximum absolute atomic E-state index is 13.4. The fraction of sp³-hybridized carbons (Fsp3) is 0.583. The van der Waals surface area contributed by atoms with Gasteiger partial charge < -0.3 is 25.2 Å². The first kappa shape index (κ1) is 21.7. The van der Waals surface area contributed by atoms with Crippen LogP contribution in [0.4, 0.5) is 11.4 Å². The molecule has 0 unspecified atom stereocenters. The number of rotatable bonds is 3. The van der Waals surface area contributed by atoms with Crippen molar-refractivity contribution >= 4 is 28.8 Å². The first-order valence-electron chi connectivity index (χ1n) is 11.3. The second-order valence-electron chi connectivity index (χ2n) is 9.48. The van der Waals surface area contributed by atoms with Gasteiger partial charge in [0.2, 0.25) is 5.91 Å². The van der Waals surface area contributed by atoms with Crippen molar-refractivity contribution in [2.75, 3.05) is 36.5 Å². The molecule has 0 atom stereocenters. The molecule has 1 spiro atoms. The molecule has 0 aromatic heterocycles. The van der Waals surface area contributed by atoms with E-state index in [-0.39, 0.29) is 23.5 Å². The number of piperidine rings is 1. The first-order valence-corrected chi connectivity index (χ1v) is 11.3. The number of fused-ring (bicyclic) bond motifs is 1. The van der Waals surface area contributed by atoms with Crippen LogP contribution in [0.3, 0.4) is 0 Å². The minimum atomic E-state index is -0.265. The summed E-state index contributed by atoms with van der Waals surface area (Å²) in [5.41, 5.74) is 4.23. The lowest BCUT2D eigenvalue weighted by molar-refractivity contribution is -0.137. The molecule has 0 bridgehead atoms. The molecule has 0 radical (unpaired) electrons. The fourth-order valence-corrected chi connectivity index (χ4v) is 4.82. The molecule has 2 fully saturated rings. The summed E-state index contributed by atoms with van der Waals surface area (Å²) in [6, 6.07) is 6.53. The molecular formula is C24H34N4O3. The molecule has 168 valence electrons. The number of nitrogens with one attached hydrogen (secondary N) is 2. The summed E-state index contributed by atoms with van der Waals surface area (Å²) in [4.78, 5) is 28.8. The Labute approximate surface area is 184 Å². The molecule has 2 N–H and O–H groups in total. The van der Waals surface area contributed by atoms with E-state index in [2.05, 4.69) is 30.5 Å². The van der Waals surface area contributed by atoms with Crippen LogP contribution >= 0.6 is 0 Å². The second kappa shape index (κ2) is 8.19. The number of carbonyl (C=O) groups is 2. The highest BCUT2D eigenvalue weighted by Gasteiger charge is 2.42. The lowest BCUT2D eigenvalue weighted by Gasteiger charge is -2.44. The zero-order chi connectivity index (χ0) is 22.3. The van der Waals surface area contributed by atoms with Gasteiger partial charge in [0, 0.05) is 49.9 Å². The molecule has 2 saturated heterocycles. The topological polar surface area (TPSA) is 73.9 Å². The molecule has 7 heteroatoms. The molecule has 3 aliphatic rings. The summed E-state index contributed by atoms with van der Waals surface area (Å²) in [6.45, 7) is 12.4. The van der Waals surface area contributed by atoms with E-state index in [1.165, 1.54) is 0 Å². The van der Waals surface area contributed by atoms with Gasteiger partial charge >= 0.3 is 0 Å². The summed E-state index contributed by atoms with van der Waals surface area (Å²) in [5, 5.41) is 6.98. The van der Waals surface area contributed by atoms with Gasteiger partial charge in [-0.05, 0) is 58.7 Å². The van der Waals surface area contributed by atoms with E-state index in [1.807, 2.05) is 35.8 Å². The van der Waals surface area contributed by atoms with Crippen LogP contribution in [0.15, 0.2) is 23.9 Å². The van der Waals surface area contributed by atoms with Gasteiger partial charge in [-0.25, -0.2) is 0 Å². The summed E-state index contributed by atoms with van der Waals surface area (Å²) in [7, 11) is 0. The van der Waals surface area contributed by atoms with Gasteiger partial charge in [-0.1, -0.05) is 0 Å². The van der Waals surface area contributed by atoms with Crippen LogP contribution in [0.1, 0.15) is 53.0 Å². The fourth-order valence-electron chi connectivity index (χ4n) is 4.82. The number of morpholine rings is 1. The highest BCUT2D eigenvalue weighted by atomic mass is 16.5. The minimum absolute atomic E-state index is 0.0279. The molecule has 2 amide bonds. The molecule has 3 aliphatic heterocycles. The standard InChI is InChI=1S/C24H34N4O3/c1-15(2)26-18-6-7-21-19(12-18)22(23(30)28(21)16(3)4)20-13-31-24(14-25-20)8-10-27(11-9-24)17(5)29/h6-7,12,15-16,25-26H,8-11,13-14H2,1-5H3/b22-20-. The van der Waals surface area contributed by atoms with E-state index in [1.54, 1.807) is 6.92 Å². The van der Waals surface area contributed by atoms with Gasteiger partial charge in [0.1, 0.15) is 0 Å². The van der Waals surface area contributed by atoms with Crippen LogP contribution in [0.2, 0.25) is 0 Å². The molecule has 3 heterocycles. The monoisotopic (exact) mass is 426 g/mol. The molecule has 7 nitrogen and oxygen atoms in total. The van der Waals surface area contributed by atoms with Crippen LogP contribution in [-0.4, -0.2) is 60.6 Å². The Bertz CT molecular complexity index is 901. The summed E-state index contributed by atoms with van der Waals surface area (Å²) in [6.07, 6.45) is 1.63. The number of carbonyl (C=O) groups excluding carboxylic acids is 2. The first-order chi connectivity index (χ1) is 14.7. The van der Waals surface area contributed by atoms with Crippen molar-refractivity contribution in [3.63, 3.8) is 0 Å². The van der Waals surface area contributed by atoms with Crippen LogP contribution in [0.25, 0.3) is 5.57 Å². The average Bonchev–Trinajstić information content (AvgIpc) is 3.00. The Morgan fingerprint density at radius 1 is 1.19 bits per heavy atom. The summed E-state index contributed by atoms with van der Waals surface area (Å²) in [5.74, 6) is 0.148. The Morgan fingerprint density at radius 3 is 2.45 bits per heavy atom. The number of amides is 2. The van der Waals surface area contributed by atoms with Gasteiger partial charge in [-0.3, -0.25) is 9.59 Å². The molecule has 1 aromatic rings. The number of hydrogen-bond acceptors (Lipinski definition) is 5. The third-order valence-corrected chi connectivity index (χ3v) is 6.50. The number of likely N-dealkylation sites (tertiary alicyclic amines) is 1. The van der Waals surface area contributed by atoms with Crippen LogP contribution in [0, 0.1) is 0 Å². The maximum Gasteiger partial charge on any atom is 0.261 e. The lowest BCUT2D eigenvalue weighted by Crippen LogP contribution is -2.55. The van der Waals surface area contributed by atoms with E-state index in [0.717, 1.165) is 48.6 Å². The smallest absolute Gasteiger partial charge is 0.261 e. The van der Waals surface area contributed by atoms with Crippen molar-refractivity contribution in [2.24, 2.45) is 0 Å². The van der Waals surface area contributed by atoms with Crippen molar-refractivity contribution in [1.82, 2.24) is 10.2 Å². The predicted molar refractivity (Wildman–Crippen MR) is 123 cm³/mol. The lowest BCUT2D eigenvalue weighted by atomic mass is 9.89. The molecule has 1 aromatic carbocycles. The quantitative estimate of drug-likeness (QED) is 0.727. The van der Waals surface area contributed by atoms with Gasteiger partial charge in [-0.2, -0.15) is 0 Å². The third kappa shape index (κ3) is 4.03. The molecule has 31 heavy (non-hydrogen) atoms. The van der Waals surface area contributed by atoms with Gasteiger partial charge in [-0.15, -0.1) is 0 Å². The largest absolute Gasteiger partial charge is 0.383 e. The van der Waals surface area contributed by atoms with Crippen molar-refractivity contribution in [2.45, 2.75) is 65.1 Å². The SMILES string of the molecule is CC(=O)N1CCC2(CC1)CN/C(=C1\C(=O)N(C(C)C)c3ccc(NC(C)C)cc31)CO2. The van der Waals surface area contributed by atoms with E-state index < -0.39 is 0 Å². The molecule has 0 aliphatic carbocycles. The molecule has 4 rings (SSSR count). The number of benzene rings is 1. The van der Waals surface area contributed by atoms with Gasteiger partial charge in [0.05, 0.1) is 29.2 Å². The van der Waals surface area contributed by atoms with Crippen molar-refractivity contribution < 1.29 is 14.3 Å². The van der Waals surface area contributed by atoms with Gasteiger partial charge in [0.15, 0.2) is 0 Å². The highest BCUT2D eigenvalue weighted by Crippen LogP contribution is 2.42. The van der Waals surface area contributed by atoms with Crippen molar-refractivity contribution in [3.05, 3.63) is 29.5 Å². The van der Waals surface area contributed by atoms with Crippen LogP contribution < -0.4 is 15.5 Å². The Balaban J connectivity index is 1.61. The summed E-state index contributed by atoms with van der Waals surface area (Å²) >= 11 is 0. The van der Waals surface area contributed by atoms with E-state index in [4.69, 9.17) is 4.74 Å². The normalized spacial score (nSPS) is 22.9. The van der Waals surface area contributed by atoms with E-state index in [9.17, 15) is 9.59 Å². The van der Waals surface area contributed by atoms with Gasteiger partial charge in [0.25, 0.3) is 5.91 Å². The predicted octanol–water partition coefficient (Wildman–Crippen LogP) is 2.97. The highest BCUT2D eigenvalue weighted by molar-refractivity contribution is 6.33. The zero-order valence-electron chi connectivity index (χ0n) is 19.2. The average molecular weight is 427 g/mol. The third-order valence-electron chi connectivity index (χ3n) is 6.50. The number of nitrogens with zero attached hydrogens (tertiary/aromatic N) is 2. The Morgan fingerprint density at radius 2 is 1.90 bits per heavy atom. The number of hydrogen-bond donors (Lipinski definition) is 2. The van der Waals surface area contributed by atoms with Crippen molar-refractivity contribution in [1.29, 1.82) is 0 Å². The van der Waals surface area contributed by atoms with Crippen LogP contribution in [-0.2, 0) is 14.3 Å². The zero-order valence-corrected chi connectivity index (χ0v) is 19.2. The number of ether oxygens (including phenoxy) is 1. The van der Waals surface area contributed by atoms with E-state index in [0.29, 0.717) is 24.8 Å². The van der Waals surface area contributed by atoms with Crippen molar-refractivity contribution in [3.8, 4) is 0 Å². The minimum Gasteiger partial charge on any atom is -0.383 e. The second-order valence-corrected chi connectivity index (χ2v) is 9.48. The number of anilines is 2. The molecule has 0 saturated carbocycles. The summed E-state index contributed by atoms with van der Waals surface area (Å²) < 4.78 is 6.37. The molecular weight excluding hydrogens is 392 g/mol. The Hall–Kier alpha value is -2.54. The Kier molecular flexibility index (Phi) is 5.73. The maximum atomic E-state index is 13.4. The van der Waals surface area contributed by atoms with E-state index >= 15 is 0 Å².